The molecule has 68 valence electrons. The molecule has 0 bridgehead atoms. The van der Waals surface area contributed by atoms with Gasteiger partial charge in [0.2, 0.25) is 0 Å². The molecule has 0 fully saturated rings. The standard InChI is InChI=1S/C7H11F2N3/c1-10-5-7(8,9)6-12-4-2-3-11-12/h2-4,10H,5-6H2,1H3. The second kappa shape index (κ2) is 3.62. The molecule has 0 saturated carbocycles. The Labute approximate surface area is 69.4 Å². The van der Waals surface area contributed by atoms with E-state index in [-0.39, 0.29) is 13.1 Å². The van der Waals surface area contributed by atoms with Gasteiger partial charge in [-0.3, -0.25) is 4.68 Å². The van der Waals surface area contributed by atoms with Crippen molar-refractivity contribution in [2.75, 3.05) is 13.6 Å². The molecule has 0 aliphatic rings. The smallest absolute Gasteiger partial charge is 0.279 e. The van der Waals surface area contributed by atoms with Crippen LogP contribution in [-0.2, 0) is 6.54 Å². The van der Waals surface area contributed by atoms with Crippen LogP contribution in [0.5, 0.6) is 0 Å². The molecule has 0 atom stereocenters. The summed E-state index contributed by atoms with van der Waals surface area (Å²) in [5, 5.41) is 6.12. The molecule has 0 unspecified atom stereocenters. The number of rotatable bonds is 4. The zero-order valence-electron chi connectivity index (χ0n) is 6.80. The Bertz CT molecular complexity index is 221. The van der Waals surface area contributed by atoms with Crippen molar-refractivity contribution < 1.29 is 8.78 Å². The zero-order chi connectivity index (χ0) is 9.03. The first kappa shape index (κ1) is 9.12. The van der Waals surface area contributed by atoms with Crippen LogP contribution < -0.4 is 5.32 Å². The number of halogens is 2. The largest absolute Gasteiger partial charge is 0.314 e. The van der Waals surface area contributed by atoms with E-state index in [2.05, 4.69) is 10.4 Å². The molecule has 1 N–H and O–H groups in total. The summed E-state index contributed by atoms with van der Waals surface area (Å²) in [4.78, 5) is 0. The summed E-state index contributed by atoms with van der Waals surface area (Å²) < 4.78 is 26.9. The second-order valence-corrected chi connectivity index (χ2v) is 2.59. The number of nitrogens with zero attached hydrogens (tertiary/aromatic N) is 2. The van der Waals surface area contributed by atoms with Crippen molar-refractivity contribution in [1.29, 1.82) is 0 Å². The molecule has 0 spiro atoms. The van der Waals surface area contributed by atoms with Crippen molar-refractivity contribution in [3.8, 4) is 0 Å². The van der Waals surface area contributed by atoms with Crippen molar-refractivity contribution in [3.05, 3.63) is 18.5 Å². The van der Waals surface area contributed by atoms with Gasteiger partial charge in [-0.25, -0.2) is 8.78 Å². The van der Waals surface area contributed by atoms with Gasteiger partial charge in [0.05, 0.1) is 6.54 Å². The molecule has 0 saturated heterocycles. The predicted octanol–water partition coefficient (Wildman–Crippen LogP) is 0.738. The molecule has 0 amide bonds. The van der Waals surface area contributed by atoms with E-state index in [1.165, 1.54) is 24.1 Å². The Morgan fingerprint density at radius 3 is 2.83 bits per heavy atom. The predicted molar refractivity (Wildman–Crippen MR) is 41.1 cm³/mol. The van der Waals surface area contributed by atoms with Crippen LogP contribution in [-0.4, -0.2) is 29.3 Å². The zero-order valence-corrected chi connectivity index (χ0v) is 6.80. The number of alkyl halides is 2. The van der Waals surface area contributed by atoms with Crippen LogP contribution >= 0.6 is 0 Å². The highest BCUT2D eigenvalue weighted by Crippen LogP contribution is 2.13. The van der Waals surface area contributed by atoms with Crippen LogP contribution in [0.2, 0.25) is 0 Å². The minimum Gasteiger partial charge on any atom is -0.314 e. The molecule has 1 rings (SSSR count). The van der Waals surface area contributed by atoms with Gasteiger partial charge in [-0.1, -0.05) is 0 Å². The van der Waals surface area contributed by atoms with Crippen LogP contribution in [0.3, 0.4) is 0 Å². The first-order chi connectivity index (χ1) is 5.64. The highest BCUT2D eigenvalue weighted by atomic mass is 19.3. The van der Waals surface area contributed by atoms with Gasteiger partial charge in [0.15, 0.2) is 0 Å². The van der Waals surface area contributed by atoms with E-state index in [1.807, 2.05) is 0 Å². The molecule has 12 heavy (non-hydrogen) atoms. The molecular formula is C7H11F2N3. The van der Waals surface area contributed by atoms with Gasteiger partial charge in [0.1, 0.15) is 6.54 Å². The van der Waals surface area contributed by atoms with E-state index in [4.69, 9.17) is 0 Å². The van der Waals surface area contributed by atoms with Crippen LogP contribution in [0.15, 0.2) is 18.5 Å². The first-order valence-electron chi connectivity index (χ1n) is 3.64. The van der Waals surface area contributed by atoms with Gasteiger partial charge in [-0.15, -0.1) is 0 Å². The van der Waals surface area contributed by atoms with Crippen molar-refractivity contribution in [3.63, 3.8) is 0 Å². The van der Waals surface area contributed by atoms with Crippen LogP contribution in [0.4, 0.5) is 8.78 Å². The minimum absolute atomic E-state index is 0.327. The van der Waals surface area contributed by atoms with E-state index in [0.29, 0.717) is 0 Å². The summed E-state index contributed by atoms with van der Waals surface area (Å²) in [5.74, 6) is -2.74. The quantitative estimate of drug-likeness (QED) is 0.731. The van der Waals surface area contributed by atoms with Gasteiger partial charge in [0.25, 0.3) is 5.92 Å². The van der Waals surface area contributed by atoms with Crippen molar-refractivity contribution in [2.24, 2.45) is 0 Å². The highest BCUT2D eigenvalue weighted by molar-refractivity contribution is 4.80. The van der Waals surface area contributed by atoms with Crippen LogP contribution in [0.25, 0.3) is 0 Å². The van der Waals surface area contributed by atoms with Gasteiger partial charge in [0, 0.05) is 12.4 Å². The van der Waals surface area contributed by atoms with Gasteiger partial charge in [-0.05, 0) is 13.1 Å². The topological polar surface area (TPSA) is 29.9 Å². The van der Waals surface area contributed by atoms with Gasteiger partial charge in [-0.2, -0.15) is 5.10 Å². The van der Waals surface area contributed by atoms with E-state index in [0.717, 1.165) is 0 Å². The van der Waals surface area contributed by atoms with Crippen molar-refractivity contribution in [2.45, 2.75) is 12.5 Å². The molecule has 1 heterocycles. The fourth-order valence-electron chi connectivity index (χ4n) is 0.946. The molecular weight excluding hydrogens is 164 g/mol. The molecule has 0 aromatic carbocycles. The lowest BCUT2D eigenvalue weighted by Gasteiger charge is -2.15. The lowest BCUT2D eigenvalue weighted by atomic mass is 10.3. The third-order valence-corrected chi connectivity index (χ3v) is 1.39. The third-order valence-electron chi connectivity index (χ3n) is 1.39. The fraction of sp³-hybridized carbons (Fsp3) is 0.571. The maximum atomic E-state index is 12.9. The molecule has 0 aliphatic carbocycles. The summed E-state index contributed by atoms with van der Waals surface area (Å²) in [6.07, 6.45) is 3.00. The van der Waals surface area contributed by atoms with E-state index in [9.17, 15) is 8.78 Å². The lowest BCUT2D eigenvalue weighted by Crippen LogP contribution is -2.34. The minimum atomic E-state index is -2.74. The van der Waals surface area contributed by atoms with Crippen LogP contribution in [0, 0.1) is 0 Å². The molecule has 1 aromatic heterocycles. The number of hydrogen-bond donors (Lipinski definition) is 1. The number of hydrogen-bond acceptors (Lipinski definition) is 2. The first-order valence-corrected chi connectivity index (χ1v) is 3.64. The van der Waals surface area contributed by atoms with E-state index < -0.39 is 5.92 Å². The molecule has 0 aliphatic heterocycles. The van der Waals surface area contributed by atoms with Gasteiger partial charge >= 0.3 is 0 Å². The van der Waals surface area contributed by atoms with Crippen molar-refractivity contribution in [1.82, 2.24) is 15.1 Å². The molecule has 1 aromatic rings. The number of aromatic nitrogens is 2. The Hall–Kier alpha value is -0.970. The highest BCUT2D eigenvalue weighted by Gasteiger charge is 2.28. The second-order valence-electron chi connectivity index (χ2n) is 2.59. The average molecular weight is 175 g/mol. The summed E-state index contributed by atoms with van der Waals surface area (Å²) in [6, 6.07) is 1.62. The maximum Gasteiger partial charge on any atom is 0.279 e. The van der Waals surface area contributed by atoms with E-state index >= 15 is 0 Å². The molecule has 5 heteroatoms. The summed E-state index contributed by atoms with van der Waals surface area (Å²) in [7, 11) is 1.50. The Balaban J connectivity index is 2.50. The Morgan fingerprint density at radius 2 is 2.33 bits per heavy atom. The Kier molecular flexibility index (Phi) is 2.75. The van der Waals surface area contributed by atoms with E-state index in [1.54, 1.807) is 6.07 Å². The third kappa shape index (κ3) is 2.58. The van der Waals surface area contributed by atoms with Crippen LogP contribution in [0.1, 0.15) is 0 Å². The normalized spacial score (nSPS) is 11.9. The average Bonchev–Trinajstić information content (AvgIpc) is 2.38. The fourth-order valence-corrected chi connectivity index (χ4v) is 0.946. The molecule has 3 nitrogen and oxygen atoms in total. The molecule has 0 radical (unpaired) electrons. The Morgan fingerprint density at radius 1 is 1.58 bits per heavy atom. The van der Waals surface area contributed by atoms with Gasteiger partial charge < -0.3 is 5.32 Å². The number of nitrogens with one attached hydrogen (secondary N) is 1. The van der Waals surface area contributed by atoms with Crippen molar-refractivity contribution >= 4 is 0 Å². The summed E-state index contributed by atoms with van der Waals surface area (Å²) in [5.41, 5.74) is 0. The summed E-state index contributed by atoms with van der Waals surface area (Å²) >= 11 is 0. The monoisotopic (exact) mass is 175 g/mol. The maximum absolute atomic E-state index is 12.9. The SMILES string of the molecule is CNCC(F)(F)Cn1cccn1. The summed E-state index contributed by atoms with van der Waals surface area (Å²) in [6.45, 7) is -0.701. The lowest BCUT2D eigenvalue weighted by molar-refractivity contribution is -0.0162.